The number of nitrogens with zero attached hydrogens (tertiary/aromatic N) is 2. The van der Waals surface area contributed by atoms with Crippen molar-refractivity contribution in [1.82, 2.24) is 9.88 Å². The van der Waals surface area contributed by atoms with E-state index in [1.54, 1.807) is 0 Å². The Bertz CT molecular complexity index is 364. The third-order valence-corrected chi connectivity index (χ3v) is 4.01. The first-order valence-corrected chi connectivity index (χ1v) is 6.64. The van der Waals surface area contributed by atoms with Crippen LogP contribution in [0.25, 0.3) is 0 Å². The molecule has 3 rings (SSSR count). The molecule has 1 aliphatic carbocycles. The zero-order valence-electron chi connectivity index (χ0n) is 10.1. The monoisotopic (exact) mass is 232 g/mol. The lowest BCUT2D eigenvalue weighted by atomic mass is 10.0. The minimum atomic E-state index is -0.151. The van der Waals surface area contributed by atoms with Crippen molar-refractivity contribution in [3.05, 3.63) is 30.1 Å². The van der Waals surface area contributed by atoms with Gasteiger partial charge in [-0.2, -0.15) is 0 Å². The van der Waals surface area contributed by atoms with Crippen molar-refractivity contribution in [3.8, 4) is 0 Å². The average Bonchev–Trinajstić information content (AvgIpc) is 3.10. The largest absolute Gasteiger partial charge is 0.391 e. The van der Waals surface area contributed by atoms with E-state index in [9.17, 15) is 5.11 Å². The maximum absolute atomic E-state index is 10.1. The summed E-state index contributed by atoms with van der Waals surface area (Å²) < 4.78 is 0. The second kappa shape index (κ2) is 4.75. The molecule has 1 saturated carbocycles. The van der Waals surface area contributed by atoms with E-state index < -0.39 is 0 Å². The second-order valence-electron chi connectivity index (χ2n) is 5.42. The van der Waals surface area contributed by atoms with Gasteiger partial charge in [0.2, 0.25) is 0 Å². The predicted octanol–water partition coefficient (Wildman–Crippen LogP) is 1.47. The fourth-order valence-corrected chi connectivity index (χ4v) is 2.78. The van der Waals surface area contributed by atoms with Crippen molar-refractivity contribution < 1.29 is 5.11 Å². The van der Waals surface area contributed by atoms with Crippen molar-refractivity contribution in [2.75, 3.05) is 13.1 Å². The number of aromatic nitrogens is 1. The third-order valence-electron chi connectivity index (χ3n) is 4.01. The van der Waals surface area contributed by atoms with E-state index in [4.69, 9.17) is 0 Å². The molecule has 0 amide bonds. The molecule has 0 aromatic carbocycles. The Balaban J connectivity index is 1.66. The minimum absolute atomic E-state index is 0.151. The predicted molar refractivity (Wildman–Crippen MR) is 66.6 cm³/mol. The fourth-order valence-electron chi connectivity index (χ4n) is 2.78. The van der Waals surface area contributed by atoms with Gasteiger partial charge in [0.25, 0.3) is 0 Å². The molecule has 2 aliphatic rings. The zero-order valence-corrected chi connectivity index (χ0v) is 10.1. The van der Waals surface area contributed by atoms with Crippen LogP contribution in [0, 0.1) is 5.92 Å². The average molecular weight is 232 g/mol. The Morgan fingerprint density at radius 3 is 2.71 bits per heavy atom. The maximum atomic E-state index is 10.1. The third kappa shape index (κ3) is 2.67. The fraction of sp³-hybridized carbons (Fsp3) is 0.643. The van der Waals surface area contributed by atoms with E-state index in [0.717, 1.165) is 25.3 Å². The smallest absolute Gasteiger partial charge is 0.0710 e. The highest BCUT2D eigenvalue weighted by Crippen LogP contribution is 2.33. The molecule has 0 radical (unpaired) electrons. The molecule has 1 N–H and O–H groups in total. The van der Waals surface area contributed by atoms with Gasteiger partial charge in [0.15, 0.2) is 0 Å². The summed E-state index contributed by atoms with van der Waals surface area (Å²) in [4.78, 5) is 6.53. The quantitative estimate of drug-likeness (QED) is 0.854. The normalized spacial score (nSPS) is 29.7. The van der Waals surface area contributed by atoms with Gasteiger partial charge in [0.1, 0.15) is 0 Å². The van der Waals surface area contributed by atoms with Crippen LogP contribution in [0.4, 0.5) is 0 Å². The van der Waals surface area contributed by atoms with Crippen LogP contribution < -0.4 is 0 Å². The molecule has 3 heteroatoms. The number of hydrogen-bond acceptors (Lipinski definition) is 3. The van der Waals surface area contributed by atoms with Crippen LogP contribution in [0.1, 0.15) is 24.8 Å². The molecule has 0 bridgehead atoms. The highest BCUT2D eigenvalue weighted by Gasteiger charge is 2.35. The lowest BCUT2D eigenvalue weighted by Gasteiger charge is -2.26. The molecule has 1 saturated heterocycles. The first kappa shape index (κ1) is 11.2. The van der Waals surface area contributed by atoms with Gasteiger partial charge in [-0.25, -0.2) is 0 Å². The summed E-state index contributed by atoms with van der Waals surface area (Å²) >= 11 is 0. The number of aliphatic hydroxyl groups is 1. The van der Waals surface area contributed by atoms with Gasteiger partial charge in [0, 0.05) is 31.5 Å². The van der Waals surface area contributed by atoms with Gasteiger partial charge >= 0.3 is 0 Å². The number of aliphatic hydroxyl groups excluding tert-OH is 1. The lowest BCUT2D eigenvalue weighted by molar-refractivity contribution is 0.113. The van der Waals surface area contributed by atoms with Gasteiger partial charge in [-0.3, -0.25) is 9.88 Å². The summed E-state index contributed by atoms with van der Waals surface area (Å²) in [5.74, 6) is 0.903. The van der Waals surface area contributed by atoms with Gasteiger partial charge in [-0.1, -0.05) is 0 Å². The molecule has 1 aromatic heterocycles. The van der Waals surface area contributed by atoms with Gasteiger partial charge in [-0.15, -0.1) is 0 Å². The number of pyridine rings is 1. The van der Waals surface area contributed by atoms with Crippen LogP contribution in [-0.4, -0.2) is 40.2 Å². The molecule has 1 aliphatic heterocycles. The molecule has 3 nitrogen and oxygen atoms in total. The van der Waals surface area contributed by atoms with E-state index >= 15 is 0 Å². The number of rotatable bonds is 4. The van der Waals surface area contributed by atoms with E-state index in [0.29, 0.717) is 6.04 Å². The van der Waals surface area contributed by atoms with Crippen LogP contribution in [0.15, 0.2) is 24.5 Å². The molecule has 2 atom stereocenters. The van der Waals surface area contributed by atoms with E-state index in [1.807, 2.05) is 12.4 Å². The van der Waals surface area contributed by atoms with Gasteiger partial charge < -0.3 is 5.11 Å². The zero-order chi connectivity index (χ0) is 11.7. The summed E-state index contributed by atoms with van der Waals surface area (Å²) in [5.41, 5.74) is 1.28. The van der Waals surface area contributed by atoms with Crippen LogP contribution in [-0.2, 0) is 6.42 Å². The van der Waals surface area contributed by atoms with Gasteiger partial charge in [0.05, 0.1) is 6.10 Å². The molecule has 2 heterocycles. The Morgan fingerprint density at radius 2 is 2.00 bits per heavy atom. The highest BCUT2D eigenvalue weighted by atomic mass is 16.3. The maximum Gasteiger partial charge on any atom is 0.0710 e. The highest BCUT2D eigenvalue weighted by molar-refractivity contribution is 5.13. The molecule has 92 valence electrons. The lowest BCUT2D eigenvalue weighted by Crippen LogP contribution is -2.38. The first-order chi connectivity index (χ1) is 8.33. The molecule has 17 heavy (non-hydrogen) atoms. The molecule has 0 unspecified atom stereocenters. The first-order valence-electron chi connectivity index (χ1n) is 6.64. The summed E-state index contributed by atoms with van der Waals surface area (Å²) in [6, 6.07) is 4.43. The standard InChI is InChI=1S/C14H20N2O/c17-14-5-8-16(10-12-1-2-12)13(14)9-11-3-6-15-7-4-11/h3-4,6-7,12-14,17H,1-2,5,8-10H2/t13-,14-/m1/s1. The molecular weight excluding hydrogens is 212 g/mol. The van der Waals surface area contributed by atoms with Crippen molar-refractivity contribution in [3.63, 3.8) is 0 Å². The number of hydrogen-bond donors (Lipinski definition) is 1. The van der Waals surface area contributed by atoms with Crippen LogP contribution in [0.5, 0.6) is 0 Å². The summed E-state index contributed by atoms with van der Waals surface area (Å²) in [6.07, 6.45) is 8.17. The van der Waals surface area contributed by atoms with Crippen LogP contribution in [0.3, 0.4) is 0 Å². The van der Waals surface area contributed by atoms with E-state index in [2.05, 4.69) is 22.0 Å². The van der Waals surface area contributed by atoms with Crippen molar-refractivity contribution in [1.29, 1.82) is 0 Å². The van der Waals surface area contributed by atoms with Crippen LogP contribution in [0.2, 0.25) is 0 Å². The molecule has 2 fully saturated rings. The van der Waals surface area contributed by atoms with Crippen molar-refractivity contribution >= 4 is 0 Å². The van der Waals surface area contributed by atoms with E-state index in [1.165, 1.54) is 24.9 Å². The van der Waals surface area contributed by atoms with Crippen LogP contribution >= 0.6 is 0 Å². The van der Waals surface area contributed by atoms with Gasteiger partial charge in [-0.05, 0) is 49.3 Å². The topological polar surface area (TPSA) is 36.4 Å². The van der Waals surface area contributed by atoms with Crippen molar-refractivity contribution in [2.24, 2.45) is 5.92 Å². The SMILES string of the molecule is O[C@@H]1CCN(CC2CC2)[C@@H]1Cc1ccncc1. The molecule has 1 aromatic rings. The van der Waals surface area contributed by atoms with Crippen molar-refractivity contribution in [2.45, 2.75) is 37.8 Å². The Labute approximate surface area is 102 Å². The van der Waals surface area contributed by atoms with E-state index in [-0.39, 0.29) is 6.10 Å². The Morgan fingerprint density at radius 1 is 1.24 bits per heavy atom. The summed E-state index contributed by atoms with van der Waals surface area (Å²) in [7, 11) is 0. The minimum Gasteiger partial charge on any atom is -0.391 e. The summed E-state index contributed by atoms with van der Waals surface area (Å²) in [6.45, 7) is 2.25. The second-order valence-corrected chi connectivity index (χ2v) is 5.42. The summed E-state index contributed by atoms with van der Waals surface area (Å²) in [5, 5.41) is 10.1. The Kier molecular flexibility index (Phi) is 3.12. The molecular formula is C14H20N2O. The Hall–Kier alpha value is -0.930. The number of likely N-dealkylation sites (tertiary alicyclic amines) is 1. The molecule has 0 spiro atoms.